The number of carbonyl (C=O) groups is 2. The Morgan fingerprint density at radius 3 is 2.52 bits per heavy atom. The number of nitrogens with two attached hydrogens (primary N) is 1. The summed E-state index contributed by atoms with van der Waals surface area (Å²) < 4.78 is 0. The van der Waals surface area contributed by atoms with Gasteiger partial charge in [-0.05, 0) is 18.1 Å². The van der Waals surface area contributed by atoms with Gasteiger partial charge in [0.05, 0.1) is 12.1 Å². The van der Waals surface area contributed by atoms with Gasteiger partial charge in [-0.1, -0.05) is 26.0 Å². The van der Waals surface area contributed by atoms with Crippen LogP contribution in [0.2, 0.25) is 0 Å². The van der Waals surface area contributed by atoms with E-state index in [1.54, 1.807) is 0 Å². The van der Waals surface area contributed by atoms with Crippen molar-refractivity contribution in [1.82, 2.24) is 15.3 Å². The van der Waals surface area contributed by atoms with Crippen molar-refractivity contribution in [2.24, 2.45) is 11.7 Å². The highest BCUT2D eigenvalue weighted by atomic mass is 16.2. The molecule has 2 aromatic rings. The number of rotatable bonds is 6. The van der Waals surface area contributed by atoms with E-state index >= 15 is 0 Å². The van der Waals surface area contributed by atoms with Crippen LogP contribution in [0.4, 0.5) is 5.82 Å². The predicted molar refractivity (Wildman–Crippen MR) is 88.5 cm³/mol. The Balaban J connectivity index is 2.43. The van der Waals surface area contributed by atoms with Gasteiger partial charge in [-0.25, -0.2) is 9.97 Å². The summed E-state index contributed by atoms with van der Waals surface area (Å²) in [5.41, 5.74) is 6.20. The molecule has 1 atom stereocenters. The largest absolute Gasteiger partial charge is 0.368 e. The summed E-state index contributed by atoms with van der Waals surface area (Å²) in [4.78, 5) is 31.6. The fraction of sp³-hybridized carbons (Fsp3) is 0.375. The number of nitrogens with one attached hydrogen (secondary N) is 2. The van der Waals surface area contributed by atoms with Crippen LogP contribution in [-0.4, -0.2) is 27.8 Å². The maximum Gasteiger partial charge on any atom is 0.240 e. The fourth-order valence-corrected chi connectivity index (χ4v) is 2.23. The SMILES string of the molecule is CC(=O)NCc1nc(N[C@H](C(N)=O)C(C)C)c2ccccc2n1. The van der Waals surface area contributed by atoms with Crippen molar-refractivity contribution in [1.29, 1.82) is 0 Å². The summed E-state index contributed by atoms with van der Waals surface area (Å²) in [5.74, 6) is 0.418. The smallest absolute Gasteiger partial charge is 0.240 e. The van der Waals surface area contributed by atoms with Crippen LogP contribution in [0, 0.1) is 5.92 Å². The van der Waals surface area contributed by atoms with Crippen molar-refractivity contribution >= 4 is 28.5 Å². The number of para-hydroxylation sites is 1. The fourth-order valence-electron chi connectivity index (χ4n) is 2.23. The Labute approximate surface area is 134 Å². The molecule has 2 amide bonds. The van der Waals surface area contributed by atoms with Crippen molar-refractivity contribution in [2.45, 2.75) is 33.4 Å². The van der Waals surface area contributed by atoms with E-state index < -0.39 is 11.9 Å². The lowest BCUT2D eigenvalue weighted by atomic mass is 10.0. The summed E-state index contributed by atoms with van der Waals surface area (Å²) in [6.07, 6.45) is 0. The Morgan fingerprint density at radius 2 is 1.91 bits per heavy atom. The first-order valence-corrected chi connectivity index (χ1v) is 7.44. The van der Waals surface area contributed by atoms with Crippen molar-refractivity contribution in [2.75, 3.05) is 5.32 Å². The number of aromatic nitrogens is 2. The molecule has 0 radical (unpaired) electrons. The number of carbonyl (C=O) groups excluding carboxylic acids is 2. The molecule has 0 spiro atoms. The number of fused-ring (bicyclic) bond motifs is 1. The van der Waals surface area contributed by atoms with Gasteiger partial charge in [0.15, 0.2) is 5.82 Å². The number of hydrogen-bond donors (Lipinski definition) is 3. The number of amides is 2. The molecule has 1 aromatic carbocycles. The number of anilines is 1. The van der Waals surface area contributed by atoms with Crippen LogP contribution in [0.15, 0.2) is 24.3 Å². The van der Waals surface area contributed by atoms with E-state index in [4.69, 9.17) is 5.73 Å². The summed E-state index contributed by atoms with van der Waals surface area (Å²) in [5, 5.41) is 6.58. The molecule has 2 rings (SSSR count). The molecule has 1 aromatic heterocycles. The number of nitrogens with zero attached hydrogens (tertiary/aromatic N) is 2. The van der Waals surface area contributed by atoms with E-state index in [2.05, 4.69) is 20.6 Å². The van der Waals surface area contributed by atoms with Gasteiger partial charge in [-0.3, -0.25) is 9.59 Å². The molecule has 122 valence electrons. The molecular weight excluding hydrogens is 294 g/mol. The van der Waals surface area contributed by atoms with E-state index in [0.717, 1.165) is 10.9 Å². The zero-order valence-electron chi connectivity index (χ0n) is 13.5. The Hall–Kier alpha value is -2.70. The third-order valence-electron chi connectivity index (χ3n) is 3.41. The van der Waals surface area contributed by atoms with E-state index in [1.807, 2.05) is 38.1 Å². The van der Waals surface area contributed by atoms with E-state index in [0.29, 0.717) is 11.6 Å². The molecule has 23 heavy (non-hydrogen) atoms. The summed E-state index contributed by atoms with van der Waals surface area (Å²) in [6.45, 7) is 5.47. The van der Waals surface area contributed by atoms with Gasteiger partial charge in [0.25, 0.3) is 0 Å². The average molecular weight is 315 g/mol. The lowest BCUT2D eigenvalue weighted by molar-refractivity contribution is -0.120. The Morgan fingerprint density at radius 1 is 1.22 bits per heavy atom. The van der Waals surface area contributed by atoms with E-state index in [1.165, 1.54) is 6.92 Å². The van der Waals surface area contributed by atoms with Crippen LogP contribution in [0.3, 0.4) is 0 Å². The number of primary amides is 1. The molecule has 0 aliphatic rings. The van der Waals surface area contributed by atoms with Crippen molar-refractivity contribution in [3.63, 3.8) is 0 Å². The molecule has 0 unspecified atom stereocenters. The van der Waals surface area contributed by atoms with Gasteiger partial charge in [0, 0.05) is 12.3 Å². The van der Waals surface area contributed by atoms with Crippen LogP contribution in [0.25, 0.3) is 10.9 Å². The lowest BCUT2D eigenvalue weighted by Gasteiger charge is -2.21. The molecule has 0 saturated carbocycles. The topological polar surface area (TPSA) is 110 Å². The summed E-state index contributed by atoms with van der Waals surface area (Å²) in [7, 11) is 0. The second kappa shape index (κ2) is 7.04. The monoisotopic (exact) mass is 315 g/mol. The minimum atomic E-state index is -0.540. The van der Waals surface area contributed by atoms with Crippen LogP contribution in [-0.2, 0) is 16.1 Å². The van der Waals surface area contributed by atoms with Crippen LogP contribution >= 0.6 is 0 Å². The first-order chi connectivity index (χ1) is 10.9. The maximum atomic E-state index is 11.6. The molecular formula is C16H21N5O2. The number of benzene rings is 1. The normalized spacial score (nSPS) is 12.2. The van der Waals surface area contributed by atoms with Crippen LogP contribution in [0.1, 0.15) is 26.6 Å². The highest BCUT2D eigenvalue weighted by Crippen LogP contribution is 2.22. The highest BCUT2D eigenvalue weighted by Gasteiger charge is 2.21. The lowest BCUT2D eigenvalue weighted by Crippen LogP contribution is -2.40. The highest BCUT2D eigenvalue weighted by molar-refractivity contribution is 5.92. The van der Waals surface area contributed by atoms with Gasteiger partial charge in [0.2, 0.25) is 11.8 Å². The molecule has 0 saturated heterocycles. The molecule has 0 fully saturated rings. The van der Waals surface area contributed by atoms with E-state index in [-0.39, 0.29) is 18.4 Å². The molecule has 4 N–H and O–H groups in total. The number of hydrogen-bond acceptors (Lipinski definition) is 5. The molecule has 7 heteroatoms. The first-order valence-electron chi connectivity index (χ1n) is 7.44. The van der Waals surface area contributed by atoms with E-state index in [9.17, 15) is 9.59 Å². The van der Waals surface area contributed by atoms with Crippen LogP contribution < -0.4 is 16.4 Å². The average Bonchev–Trinajstić information content (AvgIpc) is 2.49. The van der Waals surface area contributed by atoms with Crippen LogP contribution in [0.5, 0.6) is 0 Å². The minimum Gasteiger partial charge on any atom is -0.368 e. The molecule has 0 bridgehead atoms. The van der Waals surface area contributed by atoms with Gasteiger partial charge >= 0.3 is 0 Å². The predicted octanol–water partition coefficient (Wildman–Crippen LogP) is 1.19. The zero-order chi connectivity index (χ0) is 17.0. The Kier molecular flexibility index (Phi) is 5.10. The molecule has 0 aliphatic heterocycles. The van der Waals surface area contributed by atoms with Gasteiger partial charge in [0.1, 0.15) is 11.9 Å². The summed E-state index contributed by atoms with van der Waals surface area (Å²) in [6, 6.07) is 6.93. The minimum absolute atomic E-state index is 0.0139. The molecule has 0 aliphatic carbocycles. The Bertz CT molecular complexity index is 729. The standard InChI is InChI=1S/C16H21N5O2/c1-9(2)14(15(17)23)21-16-11-6-4-5-7-12(11)19-13(20-16)8-18-10(3)22/h4-7,9,14H,8H2,1-3H3,(H2,17,23)(H,18,22)(H,19,20,21)/t14-/m0/s1. The van der Waals surface area contributed by atoms with Crippen molar-refractivity contribution in [3.8, 4) is 0 Å². The quantitative estimate of drug-likeness (QED) is 0.741. The first kappa shape index (κ1) is 16.7. The van der Waals surface area contributed by atoms with Gasteiger partial charge in [-0.2, -0.15) is 0 Å². The molecule has 1 heterocycles. The summed E-state index contributed by atoms with van der Waals surface area (Å²) >= 11 is 0. The molecule has 7 nitrogen and oxygen atoms in total. The van der Waals surface area contributed by atoms with Gasteiger partial charge < -0.3 is 16.4 Å². The third kappa shape index (κ3) is 4.15. The van der Waals surface area contributed by atoms with Gasteiger partial charge in [-0.15, -0.1) is 0 Å². The zero-order valence-corrected chi connectivity index (χ0v) is 13.5. The maximum absolute atomic E-state index is 11.6. The second-order valence-corrected chi connectivity index (χ2v) is 5.68. The van der Waals surface area contributed by atoms with Crippen molar-refractivity contribution in [3.05, 3.63) is 30.1 Å². The van der Waals surface area contributed by atoms with Crippen molar-refractivity contribution < 1.29 is 9.59 Å². The third-order valence-corrected chi connectivity index (χ3v) is 3.41. The second-order valence-electron chi connectivity index (χ2n) is 5.68.